The molecule has 1 rings (SSSR count). The van der Waals surface area contributed by atoms with Crippen LogP contribution in [0.5, 0.6) is 0 Å². The number of alkyl halides is 3. The number of benzene rings is 1. The molecule has 2 N–H and O–H groups in total. The number of halogens is 3. The standard InChI is InChI=1S/C12H13Cl3N4O5/c1-2-3-10(20)17-11(12(13,14)15)16-8-5-4-7(18(21)22)6-9(8)19(23)24/h4-6,11,16H,2-3H2,1H3,(H,17,20)/t11-/m0/s1. The molecule has 9 nitrogen and oxygen atoms in total. The molecule has 0 aliphatic heterocycles. The van der Waals surface area contributed by atoms with Gasteiger partial charge in [0.1, 0.15) is 11.9 Å². The van der Waals surface area contributed by atoms with Crippen molar-refractivity contribution in [2.45, 2.75) is 29.7 Å². The van der Waals surface area contributed by atoms with Crippen molar-refractivity contribution in [3.05, 3.63) is 38.4 Å². The van der Waals surface area contributed by atoms with E-state index in [1.807, 2.05) is 0 Å². The van der Waals surface area contributed by atoms with Crippen LogP contribution in [0.2, 0.25) is 0 Å². The second kappa shape index (κ2) is 8.32. The number of amides is 1. The van der Waals surface area contributed by atoms with Crippen molar-refractivity contribution < 1.29 is 14.6 Å². The first-order chi connectivity index (χ1) is 11.1. The smallest absolute Gasteiger partial charge is 0.299 e. The van der Waals surface area contributed by atoms with E-state index in [1.54, 1.807) is 6.92 Å². The molecule has 132 valence electrons. The van der Waals surface area contributed by atoms with E-state index in [9.17, 15) is 25.0 Å². The summed E-state index contributed by atoms with van der Waals surface area (Å²) in [5, 5.41) is 26.8. The Balaban J connectivity index is 3.15. The Morgan fingerprint density at radius 1 is 1.25 bits per heavy atom. The molecule has 0 aliphatic carbocycles. The monoisotopic (exact) mass is 398 g/mol. The predicted octanol–water partition coefficient (Wildman–Crippen LogP) is 3.53. The van der Waals surface area contributed by atoms with Crippen LogP contribution in [0.1, 0.15) is 19.8 Å². The third kappa shape index (κ3) is 5.66. The van der Waals surface area contributed by atoms with Crippen molar-refractivity contribution in [1.82, 2.24) is 5.32 Å². The second-order valence-electron chi connectivity index (χ2n) is 4.65. The van der Waals surface area contributed by atoms with Crippen LogP contribution in [0.25, 0.3) is 0 Å². The first-order valence-electron chi connectivity index (χ1n) is 6.61. The van der Waals surface area contributed by atoms with E-state index in [0.29, 0.717) is 6.42 Å². The molecule has 1 amide bonds. The molecule has 0 aromatic heterocycles. The average molecular weight is 400 g/mol. The molecule has 1 aromatic rings. The van der Waals surface area contributed by atoms with Crippen molar-refractivity contribution >= 4 is 57.8 Å². The molecular weight excluding hydrogens is 387 g/mol. The summed E-state index contributed by atoms with van der Waals surface area (Å²) in [5.41, 5.74) is -1.19. The lowest BCUT2D eigenvalue weighted by atomic mass is 10.2. The molecular formula is C12H13Cl3N4O5. The SMILES string of the molecule is CCCC(=O)N[C@H](Nc1ccc([N+](=O)[O-])cc1[N+](=O)[O-])C(Cl)(Cl)Cl. The third-order valence-electron chi connectivity index (χ3n) is 2.80. The molecule has 24 heavy (non-hydrogen) atoms. The molecule has 1 aromatic carbocycles. The minimum absolute atomic E-state index is 0.140. The van der Waals surface area contributed by atoms with Crippen molar-refractivity contribution in [2.24, 2.45) is 0 Å². The van der Waals surface area contributed by atoms with Gasteiger partial charge in [-0.1, -0.05) is 41.7 Å². The molecule has 0 saturated heterocycles. The quantitative estimate of drug-likeness (QED) is 0.312. The van der Waals surface area contributed by atoms with Crippen LogP contribution in [0, 0.1) is 20.2 Å². The largest absolute Gasteiger partial charge is 0.356 e. The number of rotatable bonds is 7. The Morgan fingerprint density at radius 2 is 1.88 bits per heavy atom. The first-order valence-corrected chi connectivity index (χ1v) is 7.75. The molecule has 0 bridgehead atoms. The van der Waals surface area contributed by atoms with Crippen LogP contribution in [-0.4, -0.2) is 25.7 Å². The predicted molar refractivity (Wildman–Crippen MR) is 90.5 cm³/mol. The fraction of sp³-hybridized carbons (Fsp3) is 0.417. The zero-order valence-corrected chi connectivity index (χ0v) is 14.6. The van der Waals surface area contributed by atoms with E-state index < -0.39 is 37.1 Å². The zero-order valence-electron chi connectivity index (χ0n) is 12.3. The van der Waals surface area contributed by atoms with Gasteiger partial charge >= 0.3 is 0 Å². The van der Waals surface area contributed by atoms with E-state index in [4.69, 9.17) is 34.8 Å². The van der Waals surface area contributed by atoms with Gasteiger partial charge in [0.15, 0.2) is 0 Å². The summed E-state index contributed by atoms with van der Waals surface area (Å²) in [6, 6.07) is 2.93. The summed E-state index contributed by atoms with van der Waals surface area (Å²) in [6.45, 7) is 1.78. The van der Waals surface area contributed by atoms with Crippen molar-refractivity contribution in [2.75, 3.05) is 5.32 Å². The van der Waals surface area contributed by atoms with Gasteiger partial charge in [-0.05, 0) is 12.5 Å². The summed E-state index contributed by atoms with van der Waals surface area (Å²) in [5.74, 6) is -0.425. The minimum atomic E-state index is -2.01. The lowest BCUT2D eigenvalue weighted by Crippen LogP contribution is -2.49. The van der Waals surface area contributed by atoms with Gasteiger partial charge in [0.25, 0.3) is 11.4 Å². The van der Waals surface area contributed by atoms with Gasteiger partial charge in [-0.25, -0.2) is 0 Å². The number of hydrogen-bond acceptors (Lipinski definition) is 6. The molecule has 0 radical (unpaired) electrons. The van der Waals surface area contributed by atoms with Gasteiger partial charge in [0.05, 0.1) is 15.9 Å². The Morgan fingerprint density at radius 3 is 2.33 bits per heavy atom. The van der Waals surface area contributed by atoms with Crippen LogP contribution < -0.4 is 10.6 Å². The zero-order chi connectivity index (χ0) is 18.5. The van der Waals surface area contributed by atoms with E-state index in [2.05, 4.69) is 10.6 Å². The Labute approximate surface area is 151 Å². The summed E-state index contributed by atoms with van der Waals surface area (Å²) < 4.78 is -2.01. The van der Waals surface area contributed by atoms with Crippen LogP contribution >= 0.6 is 34.8 Å². The highest BCUT2D eigenvalue weighted by Gasteiger charge is 2.35. The Kier molecular flexibility index (Phi) is 7.00. The number of carbonyl (C=O) groups is 1. The number of nitro groups is 2. The minimum Gasteiger partial charge on any atom is -0.356 e. The van der Waals surface area contributed by atoms with E-state index in [-0.39, 0.29) is 12.1 Å². The van der Waals surface area contributed by atoms with Gasteiger partial charge in [0, 0.05) is 12.5 Å². The summed E-state index contributed by atoms with van der Waals surface area (Å²) >= 11 is 17.3. The van der Waals surface area contributed by atoms with Gasteiger partial charge in [-0.2, -0.15) is 0 Å². The normalized spacial score (nSPS) is 12.3. The molecule has 12 heteroatoms. The molecule has 0 aliphatic rings. The average Bonchev–Trinajstić information content (AvgIpc) is 2.45. The topological polar surface area (TPSA) is 127 Å². The number of carbonyl (C=O) groups excluding carboxylic acids is 1. The number of non-ortho nitro benzene ring substituents is 1. The van der Waals surface area contributed by atoms with E-state index in [1.165, 1.54) is 0 Å². The fourth-order valence-corrected chi connectivity index (χ4v) is 2.05. The molecule has 0 unspecified atom stereocenters. The van der Waals surface area contributed by atoms with Crippen molar-refractivity contribution in [3.63, 3.8) is 0 Å². The number of hydrogen-bond donors (Lipinski definition) is 2. The summed E-state index contributed by atoms with van der Waals surface area (Å²) in [4.78, 5) is 31.9. The molecule has 0 spiro atoms. The highest BCUT2D eigenvalue weighted by Crippen LogP contribution is 2.35. The number of anilines is 1. The summed E-state index contributed by atoms with van der Waals surface area (Å²) in [7, 11) is 0. The van der Waals surface area contributed by atoms with Gasteiger partial charge in [-0.3, -0.25) is 25.0 Å². The van der Waals surface area contributed by atoms with Crippen LogP contribution in [0.15, 0.2) is 18.2 Å². The Bertz CT molecular complexity index is 650. The van der Waals surface area contributed by atoms with E-state index in [0.717, 1.165) is 18.2 Å². The number of nitrogens with one attached hydrogen (secondary N) is 2. The lowest BCUT2D eigenvalue weighted by Gasteiger charge is -2.27. The first kappa shape index (κ1) is 20.2. The molecule has 0 heterocycles. The summed E-state index contributed by atoms with van der Waals surface area (Å²) in [6.07, 6.45) is -0.557. The van der Waals surface area contributed by atoms with E-state index >= 15 is 0 Å². The molecule has 1 atom stereocenters. The van der Waals surface area contributed by atoms with Crippen LogP contribution in [0.4, 0.5) is 17.1 Å². The van der Waals surface area contributed by atoms with Gasteiger partial charge < -0.3 is 10.6 Å². The highest BCUT2D eigenvalue weighted by molar-refractivity contribution is 6.68. The highest BCUT2D eigenvalue weighted by atomic mass is 35.6. The maximum atomic E-state index is 11.7. The van der Waals surface area contributed by atoms with Crippen molar-refractivity contribution in [3.8, 4) is 0 Å². The maximum Gasteiger partial charge on any atom is 0.299 e. The van der Waals surface area contributed by atoms with Gasteiger partial charge in [-0.15, -0.1) is 0 Å². The van der Waals surface area contributed by atoms with Crippen molar-refractivity contribution in [1.29, 1.82) is 0 Å². The van der Waals surface area contributed by atoms with Crippen LogP contribution in [-0.2, 0) is 4.79 Å². The third-order valence-corrected chi connectivity index (χ3v) is 3.45. The molecule has 0 fully saturated rings. The lowest BCUT2D eigenvalue weighted by molar-refractivity contribution is -0.393. The fourth-order valence-electron chi connectivity index (χ4n) is 1.72. The maximum absolute atomic E-state index is 11.7. The number of nitrogens with zero attached hydrogens (tertiary/aromatic N) is 2. The number of nitro benzene ring substituents is 2. The Hall–Kier alpha value is -1.84. The van der Waals surface area contributed by atoms with Crippen LogP contribution in [0.3, 0.4) is 0 Å². The molecule has 0 saturated carbocycles. The van der Waals surface area contributed by atoms with Gasteiger partial charge in [0.2, 0.25) is 9.70 Å². The second-order valence-corrected chi connectivity index (χ2v) is 7.02.